The van der Waals surface area contributed by atoms with Gasteiger partial charge in [0.25, 0.3) is 0 Å². The Morgan fingerprint density at radius 2 is 2.12 bits per heavy atom. The largest absolute Gasteiger partial charge is 0.486 e. The number of nitrogens with zero attached hydrogens (tertiary/aromatic N) is 3. The van der Waals surface area contributed by atoms with Crippen LogP contribution < -0.4 is 20.5 Å². The summed E-state index contributed by atoms with van der Waals surface area (Å²) in [6.07, 6.45) is 2.65. The molecule has 1 amide bonds. The maximum Gasteiger partial charge on any atom is 0.235 e. The summed E-state index contributed by atoms with van der Waals surface area (Å²) in [5, 5.41) is 2.67. The molecule has 1 saturated carbocycles. The monoisotopic (exact) mass is 327 g/mol. The van der Waals surface area contributed by atoms with Crippen molar-refractivity contribution in [1.29, 1.82) is 0 Å². The van der Waals surface area contributed by atoms with Crippen LogP contribution in [0.25, 0.3) is 0 Å². The lowest BCUT2D eigenvalue weighted by atomic mass is 10.0. The van der Waals surface area contributed by atoms with Crippen molar-refractivity contribution in [1.82, 2.24) is 5.32 Å². The summed E-state index contributed by atoms with van der Waals surface area (Å²) in [7, 11) is 0. The maximum absolute atomic E-state index is 12.0. The third-order valence-corrected chi connectivity index (χ3v) is 4.12. The SMILES string of the molecule is NC(=Nc1ccc2c(c1)OCCO2)N=C1N=C2CCCC2C(=O)N1. The molecule has 24 heavy (non-hydrogen) atoms. The minimum Gasteiger partial charge on any atom is -0.486 e. The average molecular weight is 327 g/mol. The Morgan fingerprint density at radius 1 is 1.29 bits per heavy atom. The highest BCUT2D eigenvalue weighted by atomic mass is 16.6. The molecule has 124 valence electrons. The number of carbonyl (C=O) groups is 1. The number of benzene rings is 1. The Bertz CT molecular complexity index is 784. The first-order valence-corrected chi connectivity index (χ1v) is 7.90. The van der Waals surface area contributed by atoms with Crippen molar-refractivity contribution < 1.29 is 14.3 Å². The van der Waals surface area contributed by atoms with Gasteiger partial charge in [-0.05, 0) is 31.4 Å². The lowest BCUT2D eigenvalue weighted by Crippen LogP contribution is -2.42. The van der Waals surface area contributed by atoms with Crippen molar-refractivity contribution in [3.8, 4) is 11.5 Å². The number of rotatable bonds is 1. The standard InChI is InChI=1S/C16H17N5O3/c17-15(18-9-4-5-12-13(8-9)24-7-6-23-12)21-16-19-11-3-1-2-10(11)14(22)20-16/h4-5,8,10H,1-3,6-7H2,(H3,17,18,20,21,22). The van der Waals surface area contributed by atoms with Crippen LogP contribution in [0.1, 0.15) is 19.3 Å². The second-order valence-corrected chi connectivity index (χ2v) is 5.77. The van der Waals surface area contributed by atoms with Crippen LogP contribution >= 0.6 is 0 Å². The molecule has 3 aliphatic rings. The van der Waals surface area contributed by atoms with E-state index in [1.807, 2.05) is 0 Å². The average Bonchev–Trinajstić information content (AvgIpc) is 3.03. The lowest BCUT2D eigenvalue weighted by Gasteiger charge is -2.18. The third kappa shape index (κ3) is 2.82. The van der Waals surface area contributed by atoms with Gasteiger partial charge >= 0.3 is 0 Å². The Morgan fingerprint density at radius 3 is 3.00 bits per heavy atom. The van der Waals surface area contributed by atoms with Gasteiger partial charge in [-0.2, -0.15) is 4.99 Å². The fourth-order valence-corrected chi connectivity index (χ4v) is 3.03. The second kappa shape index (κ2) is 5.95. The van der Waals surface area contributed by atoms with Crippen molar-refractivity contribution in [2.45, 2.75) is 19.3 Å². The van der Waals surface area contributed by atoms with Crippen LogP contribution in [0.15, 0.2) is 33.2 Å². The van der Waals surface area contributed by atoms with Gasteiger partial charge in [0.1, 0.15) is 13.2 Å². The van der Waals surface area contributed by atoms with Gasteiger partial charge in [0.15, 0.2) is 11.5 Å². The third-order valence-electron chi connectivity index (χ3n) is 4.12. The fraction of sp³-hybridized carbons (Fsp3) is 0.375. The predicted octanol–water partition coefficient (Wildman–Crippen LogP) is 1.13. The Balaban J connectivity index is 1.57. The van der Waals surface area contributed by atoms with E-state index in [0.29, 0.717) is 30.4 Å². The molecule has 1 atom stereocenters. The van der Waals surface area contributed by atoms with Crippen LogP contribution in [-0.4, -0.2) is 36.8 Å². The highest BCUT2D eigenvalue weighted by Crippen LogP contribution is 2.33. The molecule has 0 radical (unpaired) electrons. The number of amides is 1. The molecule has 8 nitrogen and oxygen atoms in total. The van der Waals surface area contributed by atoms with E-state index in [9.17, 15) is 4.79 Å². The van der Waals surface area contributed by atoms with Gasteiger partial charge in [-0.3, -0.25) is 10.1 Å². The Kier molecular flexibility index (Phi) is 3.64. The zero-order valence-electron chi connectivity index (χ0n) is 13.0. The number of hydrogen-bond acceptors (Lipinski definition) is 4. The van der Waals surface area contributed by atoms with Crippen LogP contribution in [0.5, 0.6) is 11.5 Å². The zero-order chi connectivity index (χ0) is 16.5. The number of nitrogens with one attached hydrogen (secondary N) is 1. The molecule has 1 aliphatic carbocycles. The van der Waals surface area contributed by atoms with Gasteiger partial charge in [0.2, 0.25) is 17.8 Å². The summed E-state index contributed by atoms with van der Waals surface area (Å²) in [6, 6.07) is 5.28. The molecule has 0 aromatic heterocycles. The fourth-order valence-electron chi connectivity index (χ4n) is 3.03. The first kappa shape index (κ1) is 14.7. The molecule has 3 N–H and O–H groups in total. The molecule has 1 fully saturated rings. The molecule has 1 aromatic rings. The number of ether oxygens (including phenoxy) is 2. The van der Waals surface area contributed by atoms with E-state index < -0.39 is 0 Å². The highest BCUT2D eigenvalue weighted by molar-refractivity contribution is 6.19. The quantitative estimate of drug-likeness (QED) is 0.595. The second-order valence-electron chi connectivity index (χ2n) is 5.77. The van der Waals surface area contributed by atoms with E-state index in [0.717, 1.165) is 25.0 Å². The minimum atomic E-state index is -0.111. The van der Waals surface area contributed by atoms with Crippen molar-refractivity contribution in [2.75, 3.05) is 13.2 Å². The molecule has 8 heteroatoms. The van der Waals surface area contributed by atoms with Crippen LogP contribution in [0, 0.1) is 5.92 Å². The molecule has 2 aliphatic heterocycles. The number of carbonyl (C=O) groups excluding carboxylic acids is 1. The molecular weight excluding hydrogens is 310 g/mol. The van der Waals surface area contributed by atoms with Gasteiger partial charge in [-0.25, -0.2) is 9.98 Å². The molecule has 1 aromatic carbocycles. The molecule has 0 bridgehead atoms. The van der Waals surface area contributed by atoms with E-state index in [4.69, 9.17) is 15.2 Å². The van der Waals surface area contributed by atoms with E-state index in [2.05, 4.69) is 20.3 Å². The molecule has 1 unspecified atom stereocenters. The van der Waals surface area contributed by atoms with Crippen molar-refractivity contribution in [3.63, 3.8) is 0 Å². The summed E-state index contributed by atoms with van der Waals surface area (Å²) < 4.78 is 11.0. The maximum atomic E-state index is 12.0. The summed E-state index contributed by atoms with van der Waals surface area (Å²) >= 11 is 0. The first-order chi connectivity index (χ1) is 11.7. The van der Waals surface area contributed by atoms with Gasteiger partial charge in [-0.15, -0.1) is 0 Å². The van der Waals surface area contributed by atoms with Crippen molar-refractivity contribution in [3.05, 3.63) is 18.2 Å². The number of fused-ring (bicyclic) bond motifs is 2. The first-order valence-electron chi connectivity index (χ1n) is 7.90. The van der Waals surface area contributed by atoms with E-state index in [-0.39, 0.29) is 23.7 Å². The van der Waals surface area contributed by atoms with Crippen LogP contribution in [0.4, 0.5) is 5.69 Å². The number of hydrogen-bond donors (Lipinski definition) is 2. The van der Waals surface area contributed by atoms with Gasteiger partial charge in [0.05, 0.1) is 11.6 Å². The van der Waals surface area contributed by atoms with E-state index >= 15 is 0 Å². The Labute approximate surface area is 138 Å². The molecule has 2 heterocycles. The normalized spacial score (nSPS) is 24.4. The summed E-state index contributed by atoms with van der Waals surface area (Å²) in [5.41, 5.74) is 7.34. The lowest BCUT2D eigenvalue weighted by molar-refractivity contribution is -0.121. The molecular formula is C16H17N5O3. The van der Waals surface area contributed by atoms with Gasteiger partial charge in [0, 0.05) is 11.8 Å². The van der Waals surface area contributed by atoms with E-state index in [1.165, 1.54) is 0 Å². The molecule has 4 rings (SSSR count). The highest BCUT2D eigenvalue weighted by Gasteiger charge is 2.33. The number of guanidine groups is 2. The summed E-state index contributed by atoms with van der Waals surface area (Å²) in [4.78, 5) is 24.7. The smallest absolute Gasteiger partial charge is 0.235 e. The van der Waals surface area contributed by atoms with E-state index in [1.54, 1.807) is 18.2 Å². The van der Waals surface area contributed by atoms with Crippen molar-refractivity contribution >= 4 is 29.2 Å². The predicted molar refractivity (Wildman–Crippen MR) is 89.1 cm³/mol. The summed E-state index contributed by atoms with van der Waals surface area (Å²) in [5.74, 6) is 1.35. The minimum absolute atomic E-state index is 0.0165. The van der Waals surface area contributed by atoms with Crippen LogP contribution in [0.3, 0.4) is 0 Å². The zero-order valence-corrected chi connectivity index (χ0v) is 13.0. The van der Waals surface area contributed by atoms with Gasteiger partial charge < -0.3 is 15.2 Å². The summed E-state index contributed by atoms with van der Waals surface area (Å²) in [6.45, 7) is 1.04. The molecule has 0 saturated heterocycles. The topological polar surface area (TPSA) is 111 Å². The Hall–Kier alpha value is -2.90. The number of aliphatic imine (C=N–C) groups is 3. The van der Waals surface area contributed by atoms with Crippen molar-refractivity contribution in [2.24, 2.45) is 26.6 Å². The van der Waals surface area contributed by atoms with Gasteiger partial charge in [-0.1, -0.05) is 0 Å². The van der Waals surface area contributed by atoms with Crippen LogP contribution in [-0.2, 0) is 4.79 Å². The number of nitrogens with two attached hydrogens (primary N) is 1. The van der Waals surface area contributed by atoms with Crippen LogP contribution in [0.2, 0.25) is 0 Å². The molecule has 0 spiro atoms.